The van der Waals surface area contributed by atoms with Gasteiger partial charge in [-0.05, 0) is 68.3 Å². The molecular weight excluding hydrogens is 270 g/mol. The molecule has 2 bridgehead atoms. The molecule has 2 aromatic heterocycles. The largest absolute Gasteiger partial charge is 0.461 e. The van der Waals surface area contributed by atoms with Crippen LogP contribution in [0.25, 0.3) is 11.6 Å². The predicted molar refractivity (Wildman–Crippen MR) is 78.8 cm³/mol. The van der Waals surface area contributed by atoms with Crippen molar-refractivity contribution in [3.8, 4) is 11.6 Å². The molecule has 2 aliphatic rings. The van der Waals surface area contributed by atoms with Crippen LogP contribution in [0.3, 0.4) is 0 Å². The number of rotatable bonds is 3. The Balaban J connectivity index is 1.71. The molecule has 4 rings (SSSR count). The van der Waals surface area contributed by atoms with Gasteiger partial charge in [0.05, 0.1) is 6.26 Å². The number of furan rings is 1. The van der Waals surface area contributed by atoms with Gasteiger partial charge in [-0.25, -0.2) is 0 Å². The van der Waals surface area contributed by atoms with Crippen LogP contribution in [0.5, 0.6) is 0 Å². The molecule has 4 atom stereocenters. The highest BCUT2D eigenvalue weighted by atomic mass is 32.1. The Morgan fingerprint density at radius 2 is 2.35 bits per heavy atom. The summed E-state index contributed by atoms with van der Waals surface area (Å²) in [6.07, 6.45) is 7.25. The van der Waals surface area contributed by atoms with Crippen molar-refractivity contribution in [3.63, 3.8) is 0 Å². The van der Waals surface area contributed by atoms with Gasteiger partial charge >= 0.3 is 0 Å². The van der Waals surface area contributed by atoms with Gasteiger partial charge in [-0.1, -0.05) is 6.42 Å². The molecule has 5 heteroatoms. The van der Waals surface area contributed by atoms with Crippen molar-refractivity contribution in [1.29, 1.82) is 0 Å². The van der Waals surface area contributed by atoms with E-state index in [1.54, 1.807) is 6.26 Å². The molecule has 2 heterocycles. The minimum atomic E-state index is 0.386. The molecule has 20 heavy (non-hydrogen) atoms. The lowest BCUT2D eigenvalue weighted by molar-refractivity contribution is 0.242. The monoisotopic (exact) mass is 289 g/mol. The molecule has 4 nitrogen and oxygen atoms in total. The maximum absolute atomic E-state index is 5.50. The maximum Gasteiger partial charge on any atom is 0.198 e. The van der Waals surface area contributed by atoms with Crippen molar-refractivity contribution in [3.05, 3.63) is 23.2 Å². The third-order valence-corrected chi connectivity index (χ3v) is 5.55. The highest BCUT2D eigenvalue weighted by Gasteiger charge is 2.42. The summed E-state index contributed by atoms with van der Waals surface area (Å²) in [6.45, 7) is 2.28. The van der Waals surface area contributed by atoms with E-state index < -0.39 is 0 Å². The average molecular weight is 289 g/mol. The second kappa shape index (κ2) is 4.58. The summed E-state index contributed by atoms with van der Waals surface area (Å²) >= 11 is 5.45. The molecule has 106 valence electrons. The number of H-pyrrole nitrogens is 1. The van der Waals surface area contributed by atoms with E-state index in [-0.39, 0.29) is 0 Å². The van der Waals surface area contributed by atoms with E-state index in [2.05, 4.69) is 21.7 Å². The van der Waals surface area contributed by atoms with Crippen LogP contribution in [0.4, 0.5) is 0 Å². The molecule has 2 aliphatic carbocycles. The first-order chi connectivity index (χ1) is 9.74. The van der Waals surface area contributed by atoms with Crippen LogP contribution in [0, 0.1) is 22.5 Å². The zero-order chi connectivity index (χ0) is 13.7. The van der Waals surface area contributed by atoms with E-state index in [0.717, 1.165) is 29.3 Å². The number of hydrogen-bond donors (Lipinski definition) is 1. The normalized spacial score (nSPS) is 29.9. The number of aromatic nitrogens is 3. The van der Waals surface area contributed by atoms with Crippen LogP contribution < -0.4 is 0 Å². The first-order valence-corrected chi connectivity index (χ1v) is 7.85. The zero-order valence-electron chi connectivity index (χ0n) is 11.6. The Morgan fingerprint density at radius 1 is 1.45 bits per heavy atom. The highest BCUT2D eigenvalue weighted by molar-refractivity contribution is 7.71. The van der Waals surface area contributed by atoms with Gasteiger partial charge in [0.2, 0.25) is 0 Å². The first kappa shape index (κ1) is 12.4. The lowest BCUT2D eigenvalue weighted by atomic mass is 9.84. The van der Waals surface area contributed by atoms with Gasteiger partial charge < -0.3 is 4.42 Å². The van der Waals surface area contributed by atoms with Crippen LogP contribution in [-0.2, 0) is 0 Å². The Bertz CT molecular complexity index is 657. The van der Waals surface area contributed by atoms with Crippen LogP contribution in [0.1, 0.15) is 38.6 Å². The summed E-state index contributed by atoms with van der Waals surface area (Å²) in [6, 6.07) is 4.21. The lowest BCUT2D eigenvalue weighted by Gasteiger charge is -2.29. The maximum atomic E-state index is 5.50. The number of nitrogens with one attached hydrogen (secondary N) is 1. The summed E-state index contributed by atoms with van der Waals surface area (Å²) in [5.41, 5.74) is 0. The number of hydrogen-bond acceptors (Lipinski definition) is 3. The summed E-state index contributed by atoms with van der Waals surface area (Å²) in [5, 5.41) is 7.29. The molecule has 0 aromatic carbocycles. The standard InChI is InChI=1S/C15H19N3OS/c1-9(12-8-10-4-5-11(12)7-10)18-14(16-17-15(18)20)13-3-2-6-19-13/h2-3,6,9-12H,4-5,7-8H2,1H3,(H,17,20)/t9-,10-,11-,12+/m1/s1. The van der Waals surface area contributed by atoms with E-state index in [9.17, 15) is 0 Å². The van der Waals surface area contributed by atoms with E-state index in [4.69, 9.17) is 16.6 Å². The molecule has 0 unspecified atom stereocenters. The molecule has 0 spiro atoms. The van der Waals surface area contributed by atoms with Gasteiger partial charge in [0, 0.05) is 6.04 Å². The molecule has 0 radical (unpaired) electrons. The summed E-state index contributed by atoms with van der Waals surface area (Å²) in [7, 11) is 0. The third-order valence-electron chi connectivity index (χ3n) is 5.27. The van der Waals surface area contributed by atoms with Gasteiger partial charge in [-0.2, -0.15) is 5.10 Å². The van der Waals surface area contributed by atoms with Crippen LogP contribution >= 0.6 is 12.2 Å². The van der Waals surface area contributed by atoms with Crippen LogP contribution in [-0.4, -0.2) is 14.8 Å². The quantitative estimate of drug-likeness (QED) is 0.861. The second-order valence-corrected chi connectivity index (χ2v) is 6.67. The van der Waals surface area contributed by atoms with Gasteiger partial charge in [0.15, 0.2) is 16.4 Å². The Hall–Kier alpha value is -1.36. The van der Waals surface area contributed by atoms with Gasteiger partial charge in [-0.15, -0.1) is 0 Å². The van der Waals surface area contributed by atoms with E-state index >= 15 is 0 Å². The fraction of sp³-hybridized carbons (Fsp3) is 0.600. The van der Waals surface area contributed by atoms with Crippen LogP contribution in [0.15, 0.2) is 22.8 Å². The third kappa shape index (κ3) is 1.79. The van der Waals surface area contributed by atoms with Crippen molar-refractivity contribution < 1.29 is 4.42 Å². The average Bonchev–Trinajstić information content (AvgIpc) is 3.21. The van der Waals surface area contributed by atoms with Crippen molar-refractivity contribution >= 4 is 12.2 Å². The fourth-order valence-electron chi connectivity index (χ4n) is 4.34. The molecule has 2 fully saturated rings. The van der Waals surface area contributed by atoms with Gasteiger partial charge in [0.25, 0.3) is 0 Å². The second-order valence-electron chi connectivity index (χ2n) is 6.28. The number of fused-ring (bicyclic) bond motifs is 2. The SMILES string of the molecule is C[C@H]([C@@H]1C[C@@H]2CC[C@@H]1C2)n1c(-c2ccco2)n[nH]c1=S. The van der Waals surface area contributed by atoms with Gasteiger partial charge in [-0.3, -0.25) is 9.67 Å². The van der Waals surface area contributed by atoms with Crippen LogP contribution in [0.2, 0.25) is 0 Å². The molecule has 0 amide bonds. The summed E-state index contributed by atoms with van der Waals surface area (Å²) in [4.78, 5) is 0. The van der Waals surface area contributed by atoms with E-state index in [1.807, 2.05) is 12.1 Å². The Labute approximate surface area is 123 Å². The Morgan fingerprint density at radius 3 is 3.00 bits per heavy atom. The molecule has 2 saturated carbocycles. The van der Waals surface area contributed by atoms with Crippen molar-refractivity contribution in [1.82, 2.24) is 14.8 Å². The lowest BCUT2D eigenvalue weighted by Crippen LogP contribution is -2.22. The molecular formula is C15H19N3OS. The zero-order valence-corrected chi connectivity index (χ0v) is 12.4. The topological polar surface area (TPSA) is 46.8 Å². The molecule has 2 aromatic rings. The smallest absolute Gasteiger partial charge is 0.198 e. The van der Waals surface area contributed by atoms with Crippen molar-refractivity contribution in [2.75, 3.05) is 0 Å². The highest BCUT2D eigenvalue weighted by Crippen LogP contribution is 2.52. The minimum Gasteiger partial charge on any atom is -0.461 e. The number of aromatic amines is 1. The van der Waals surface area contributed by atoms with Gasteiger partial charge in [0.1, 0.15) is 0 Å². The summed E-state index contributed by atoms with van der Waals surface area (Å²) in [5.74, 6) is 4.16. The Kier molecular flexibility index (Phi) is 2.84. The molecule has 0 aliphatic heterocycles. The predicted octanol–water partition coefficient (Wildman–Crippen LogP) is 4.20. The van der Waals surface area contributed by atoms with Crippen molar-refractivity contribution in [2.24, 2.45) is 17.8 Å². The first-order valence-electron chi connectivity index (χ1n) is 7.45. The molecule has 1 N–H and O–H groups in total. The van der Waals surface area contributed by atoms with E-state index in [0.29, 0.717) is 10.8 Å². The van der Waals surface area contributed by atoms with Crippen molar-refractivity contribution in [2.45, 2.75) is 38.6 Å². The summed E-state index contributed by atoms with van der Waals surface area (Å²) < 4.78 is 8.35. The fourth-order valence-corrected chi connectivity index (χ4v) is 4.64. The van der Waals surface area contributed by atoms with E-state index in [1.165, 1.54) is 25.7 Å². The molecule has 0 saturated heterocycles. The minimum absolute atomic E-state index is 0.386. The number of nitrogens with zero attached hydrogens (tertiary/aromatic N) is 2.